The highest BCUT2D eigenvalue weighted by Gasteiger charge is 2.26. The zero-order valence-electron chi connectivity index (χ0n) is 11.7. The molecular weight excluding hydrogens is 292 g/mol. The smallest absolute Gasteiger partial charge is 0.253 e. The molecule has 110 valence electrons. The minimum absolute atomic E-state index is 0.0546. The number of hydrogen-bond donors (Lipinski definition) is 2. The van der Waals surface area contributed by atoms with Gasteiger partial charge in [-0.05, 0) is 43.2 Å². The van der Waals surface area contributed by atoms with Gasteiger partial charge < -0.3 is 11.1 Å². The summed E-state index contributed by atoms with van der Waals surface area (Å²) in [7, 11) is 0. The van der Waals surface area contributed by atoms with Crippen molar-refractivity contribution in [1.82, 2.24) is 5.32 Å². The molecule has 3 nitrogen and oxygen atoms in total. The zero-order chi connectivity index (χ0) is 14.5. The monoisotopic (exact) mass is 312 g/mol. The summed E-state index contributed by atoms with van der Waals surface area (Å²) >= 11 is 7.73. The molecule has 3 N–H and O–H groups in total. The van der Waals surface area contributed by atoms with Crippen LogP contribution in [0.2, 0.25) is 5.02 Å². The Morgan fingerprint density at radius 1 is 1.50 bits per heavy atom. The predicted octanol–water partition coefficient (Wildman–Crippen LogP) is 3.31. The number of nitrogens with one attached hydrogen (secondary N) is 1. The Morgan fingerprint density at radius 3 is 2.80 bits per heavy atom. The van der Waals surface area contributed by atoms with E-state index < -0.39 is 0 Å². The summed E-state index contributed by atoms with van der Waals surface area (Å²) in [5.41, 5.74) is 6.36. The van der Waals surface area contributed by atoms with E-state index in [0.717, 1.165) is 17.7 Å². The second-order valence-corrected chi connectivity index (χ2v) is 6.49. The van der Waals surface area contributed by atoms with Crippen molar-refractivity contribution in [3.8, 4) is 0 Å². The van der Waals surface area contributed by atoms with Gasteiger partial charge in [0.2, 0.25) is 0 Å². The molecule has 20 heavy (non-hydrogen) atoms. The molecule has 1 amide bonds. The molecule has 0 bridgehead atoms. The molecule has 0 saturated heterocycles. The van der Waals surface area contributed by atoms with E-state index >= 15 is 0 Å². The van der Waals surface area contributed by atoms with Crippen LogP contribution < -0.4 is 11.1 Å². The number of thioether (sulfide) groups is 1. The third kappa shape index (κ3) is 3.68. The molecule has 1 atom stereocenters. The fraction of sp³-hybridized carbons (Fsp3) is 0.533. The van der Waals surface area contributed by atoms with Gasteiger partial charge in [-0.3, -0.25) is 4.79 Å². The molecule has 0 aromatic heterocycles. The first-order valence-corrected chi connectivity index (χ1v) is 8.60. The summed E-state index contributed by atoms with van der Waals surface area (Å²) in [4.78, 5) is 13.4. The second kappa shape index (κ2) is 7.34. The average Bonchev–Trinajstić information content (AvgIpc) is 2.99. The van der Waals surface area contributed by atoms with Crippen LogP contribution in [-0.4, -0.2) is 24.7 Å². The molecule has 1 aromatic rings. The van der Waals surface area contributed by atoms with Crippen LogP contribution in [0.3, 0.4) is 0 Å². The normalized spacial score (nSPS) is 17.1. The average molecular weight is 313 g/mol. The minimum atomic E-state index is -0.117. The molecule has 2 rings (SSSR count). The van der Waals surface area contributed by atoms with Gasteiger partial charge in [0.05, 0.1) is 10.6 Å². The SMILES string of the molecule is CSc1ccc(Cl)c(C(=O)NC(CN)C2CCCC2)c1. The highest BCUT2D eigenvalue weighted by atomic mass is 35.5. The van der Waals surface area contributed by atoms with Gasteiger partial charge in [-0.15, -0.1) is 11.8 Å². The molecule has 1 aromatic carbocycles. The van der Waals surface area contributed by atoms with Crippen LogP contribution in [-0.2, 0) is 0 Å². The lowest BCUT2D eigenvalue weighted by Gasteiger charge is -2.23. The summed E-state index contributed by atoms with van der Waals surface area (Å²) in [5.74, 6) is 0.389. The van der Waals surface area contributed by atoms with E-state index in [1.54, 1.807) is 17.8 Å². The van der Waals surface area contributed by atoms with Crippen molar-refractivity contribution < 1.29 is 4.79 Å². The molecule has 0 aliphatic heterocycles. The van der Waals surface area contributed by atoms with Gasteiger partial charge in [-0.2, -0.15) is 0 Å². The Hall–Kier alpha value is -0.710. The molecule has 1 saturated carbocycles. The molecule has 1 aliphatic rings. The third-order valence-corrected chi connectivity index (χ3v) is 5.01. The zero-order valence-corrected chi connectivity index (χ0v) is 13.3. The molecule has 0 spiro atoms. The third-order valence-electron chi connectivity index (χ3n) is 3.96. The van der Waals surface area contributed by atoms with E-state index in [1.165, 1.54) is 12.8 Å². The second-order valence-electron chi connectivity index (χ2n) is 5.21. The lowest BCUT2D eigenvalue weighted by molar-refractivity contribution is 0.0924. The van der Waals surface area contributed by atoms with Gasteiger partial charge in [0.1, 0.15) is 0 Å². The van der Waals surface area contributed by atoms with E-state index in [9.17, 15) is 4.79 Å². The molecular formula is C15H21ClN2OS. The Labute approximate surface area is 129 Å². The number of hydrogen-bond acceptors (Lipinski definition) is 3. The molecule has 1 unspecified atom stereocenters. The van der Waals surface area contributed by atoms with Gasteiger partial charge in [0.25, 0.3) is 5.91 Å². The maximum atomic E-state index is 12.4. The fourth-order valence-corrected chi connectivity index (χ4v) is 3.42. The predicted molar refractivity (Wildman–Crippen MR) is 85.5 cm³/mol. The van der Waals surface area contributed by atoms with Gasteiger partial charge in [0.15, 0.2) is 0 Å². The van der Waals surface area contributed by atoms with E-state index in [2.05, 4.69) is 5.32 Å². The molecule has 0 heterocycles. The molecule has 1 fully saturated rings. The summed E-state index contributed by atoms with van der Waals surface area (Å²) in [6.07, 6.45) is 6.76. The quantitative estimate of drug-likeness (QED) is 0.820. The van der Waals surface area contributed by atoms with Gasteiger partial charge in [-0.1, -0.05) is 24.4 Å². The van der Waals surface area contributed by atoms with Crippen LogP contribution in [0.15, 0.2) is 23.1 Å². The molecule has 5 heteroatoms. The Morgan fingerprint density at radius 2 is 2.20 bits per heavy atom. The summed E-state index contributed by atoms with van der Waals surface area (Å²) in [6.45, 7) is 0.482. The number of nitrogens with two attached hydrogens (primary N) is 1. The first-order chi connectivity index (χ1) is 9.65. The number of amides is 1. The maximum Gasteiger partial charge on any atom is 0.253 e. The number of rotatable bonds is 5. The topological polar surface area (TPSA) is 55.1 Å². The lowest BCUT2D eigenvalue weighted by Crippen LogP contribution is -2.44. The standard InChI is InChI=1S/C15H21ClN2OS/c1-20-11-6-7-13(16)12(8-11)15(19)18-14(9-17)10-4-2-3-5-10/h6-8,10,14H,2-5,9,17H2,1H3,(H,18,19). The highest BCUT2D eigenvalue weighted by Crippen LogP contribution is 2.28. The first kappa shape index (κ1) is 15.7. The number of benzene rings is 1. The van der Waals surface area contributed by atoms with Crippen LogP contribution in [0.1, 0.15) is 36.0 Å². The number of carbonyl (C=O) groups is 1. The van der Waals surface area contributed by atoms with Crippen molar-refractivity contribution in [2.45, 2.75) is 36.6 Å². The fourth-order valence-electron chi connectivity index (χ4n) is 2.78. The van der Waals surface area contributed by atoms with Crippen LogP contribution in [0.4, 0.5) is 0 Å². The van der Waals surface area contributed by atoms with Gasteiger partial charge in [-0.25, -0.2) is 0 Å². The van der Waals surface area contributed by atoms with Crippen LogP contribution in [0.25, 0.3) is 0 Å². The van der Waals surface area contributed by atoms with E-state index in [0.29, 0.717) is 23.0 Å². The van der Waals surface area contributed by atoms with Crippen molar-refractivity contribution in [1.29, 1.82) is 0 Å². The maximum absolute atomic E-state index is 12.4. The number of carbonyl (C=O) groups excluding carboxylic acids is 1. The Balaban J connectivity index is 2.10. The van der Waals surface area contributed by atoms with Crippen LogP contribution in [0.5, 0.6) is 0 Å². The van der Waals surface area contributed by atoms with Crippen LogP contribution in [0, 0.1) is 5.92 Å². The first-order valence-electron chi connectivity index (χ1n) is 7.00. The molecule has 1 aliphatic carbocycles. The molecule has 0 radical (unpaired) electrons. The highest BCUT2D eigenvalue weighted by molar-refractivity contribution is 7.98. The summed E-state index contributed by atoms with van der Waals surface area (Å²) < 4.78 is 0. The van der Waals surface area contributed by atoms with Crippen molar-refractivity contribution in [3.05, 3.63) is 28.8 Å². The summed E-state index contributed by atoms with van der Waals surface area (Å²) in [5, 5.41) is 3.55. The van der Waals surface area contributed by atoms with E-state index in [4.69, 9.17) is 17.3 Å². The van der Waals surface area contributed by atoms with E-state index in [-0.39, 0.29) is 11.9 Å². The lowest BCUT2D eigenvalue weighted by atomic mass is 9.98. The Bertz CT molecular complexity index is 475. The van der Waals surface area contributed by atoms with Crippen molar-refractivity contribution in [3.63, 3.8) is 0 Å². The van der Waals surface area contributed by atoms with Crippen molar-refractivity contribution in [2.75, 3.05) is 12.8 Å². The van der Waals surface area contributed by atoms with Gasteiger partial charge in [0, 0.05) is 17.5 Å². The van der Waals surface area contributed by atoms with Crippen LogP contribution >= 0.6 is 23.4 Å². The summed E-state index contributed by atoms with van der Waals surface area (Å²) in [6, 6.07) is 5.58. The largest absolute Gasteiger partial charge is 0.348 e. The number of halogens is 1. The Kier molecular flexibility index (Phi) is 5.75. The van der Waals surface area contributed by atoms with E-state index in [1.807, 2.05) is 18.4 Å². The van der Waals surface area contributed by atoms with Crippen molar-refractivity contribution >= 4 is 29.3 Å². The van der Waals surface area contributed by atoms with Crippen molar-refractivity contribution in [2.24, 2.45) is 11.7 Å². The minimum Gasteiger partial charge on any atom is -0.348 e. The van der Waals surface area contributed by atoms with Gasteiger partial charge >= 0.3 is 0 Å².